The molecule has 0 atom stereocenters. The van der Waals surface area contributed by atoms with E-state index >= 15 is 0 Å². The standard InChI is InChI=1S/C10H19N3/c1-2-3-4-7-13-8-10(5-6-11)12-9-13/h8-9H,2-7,11H2,1H3. The summed E-state index contributed by atoms with van der Waals surface area (Å²) < 4.78 is 2.15. The maximum Gasteiger partial charge on any atom is 0.0949 e. The van der Waals surface area contributed by atoms with Crippen molar-refractivity contribution in [2.75, 3.05) is 6.54 Å². The molecule has 2 N–H and O–H groups in total. The summed E-state index contributed by atoms with van der Waals surface area (Å²) in [6, 6.07) is 0. The summed E-state index contributed by atoms with van der Waals surface area (Å²) >= 11 is 0. The van der Waals surface area contributed by atoms with Gasteiger partial charge in [0.2, 0.25) is 0 Å². The molecule has 0 spiro atoms. The summed E-state index contributed by atoms with van der Waals surface area (Å²) in [5, 5.41) is 0. The summed E-state index contributed by atoms with van der Waals surface area (Å²) in [6.07, 6.45) is 8.70. The smallest absolute Gasteiger partial charge is 0.0949 e. The highest BCUT2D eigenvalue weighted by Gasteiger charge is 1.96. The van der Waals surface area contributed by atoms with Gasteiger partial charge in [-0.05, 0) is 13.0 Å². The van der Waals surface area contributed by atoms with E-state index in [9.17, 15) is 0 Å². The molecule has 0 aliphatic carbocycles. The van der Waals surface area contributed by atoms with Crippen molar-refractivity contribution in [3.63, 3.8) is 0 Å². The molecule has 3 nitrogen and oxygen atoms in total. The van der Waals surface area contributed by atoms with Crippen LogP contribution in [0.1, 0.15) is 31.9 Å². The van der Waals surface area contributed by atoms with Crippen molar-refractivity contribution in [1.82, 2.24) is 9.55 Å². The molecule has 1 aromatic heterocycles. The molecule has 0 radical (unpaired) electrons. The predicted molar refractivity (Wildman–Crippen MR) is 54.5 cm³/mol. The Morgan fingerprint density at radius 3 is 3.00 bits per heavy atom. The van der Waals surface area contributed by atoms with Crippen LogP contribution in [-0.2, 0) is 13.0 Å². The molecule has 0 amide bonds. The monoisotopic (exact) mass is 181 g/mol. The normalized spacial score (nSPS) is 10.6. The maximum atomic E-state index is 5.44. The van der Waals surface area contributed by atoms with E-state index in [0.29, 0.717) is 6.54 Å². The molecule has 0 aliphatic rings. The van der Waals surface area contributed by atoms with Crippen molar-refractivity contribution in [3.05, 3.63) is 18.2 Å². The van der Waals surface area contributed by atoms with E-state index in [4.69, 9.17) is 5.73 Å². The summed E-state index contributed by atoms with van der Waals surface area (Å²) in [7, 11) is 0. The first-order chi connectivity index (χ1) is 6.36. The minimum Gasteiger partial charge on any atom is -0.337 e. The van der Waals surface area contributed by atoms with Gasteiger partial charge in [-0.1, -0.05) is 19.8 Å². The van der Waals surface area contributed by atoms with Crippen LogP contribution in [0.3, 0.4) is 0 Å². The molecule has 13 heavy (non-hydrogen) atoms. The van der Waals surface area contributed by atoms with Crippen LogP contribution in [0.5, 0.6) is 0 Å². The molecule has 0 bridgehead atoms. The Kier molecular flexibility index (Phi) is 4.54. The minimum absolute atomic E-state index is 0.686. The molecule has 3 heteroatoms. The van der Waals surface area contributed by atoms with Gasteiger partial charge in [0.05, 0.1) is 12.0 Å². The lowest BCUT2D eigenvalue weighted by molar-refractivity contribution is 0.601. The number of imidazole rings is 1. The van der Waals surface area contributed by atoms with Gasteiger partial charge in [0.15, 0.2) is 0 Å². The second-order valence-corrected chi connectivity index (χ2v) is 3.35. The zero-order chi connectivity index (χ0) is 9.52. The van der Waals surface area contributed by atoms with Gasteiger partial charge >= 0.3 is 0 Å². The lowest BCUT2D eigenvalue weighted by atomic mass is 10.2. The number of aromatic nitrogens is 2. The van der Waals surface area contributed by atoms with Crippen molar-refractivity contribution >= 4 is 0 Å². The molecule has 1 rings (SSSR count). The summed E-state index contributed by atoms with van der Waals surface area (Å²) in [6.45, 7) is 3.99. The highest BCUT2D eigenvalue weighted by Crippen LogP contribution is 2.01. The first kappa shape index (κ1) is 10.3. The molecule has 0 saturated carbocycles. The van der Waals surface area contributed by atoms with Crippen molar-refractivity contribution in [2.45, 2.75) is 39.2 Å². The summed E-state index contributed by atoms with van der Waals surface area (Å²) in [5.74, 6) is 0. The Hall–Kier alpha value is -0.830. The minimum atomic E-state index is 0.686. The van der Waals surface area contributed by atoms with Gasteiger partial charge in [0.1, 0.15) is 0 Å². The fraction of sp³-hybridized carbons (Fsp3) is 0.700. The zero-order valence-corrected chi connectivity index (χ0v) is 8.37. The fourth-order valence-electron chi connectivity index (χ4n) is 1.35. The van der Waals surface area contributed by atoms with Crippen LogP contribution < -0.4 is 5.73 Å². The third-order valence-corrected chi connectivity index (χ3v) is 2.11. The third-order valence-electron chi connectivity index (χ3n) is 2.11. The number of nitrogens with zero attached hydrogens (tertiary/aromatic N) is 2. The Morgan fingerprint density at radius 1 is 1.46 bits per heavy atom. The van der Waals surface area contributed by atoms with Gasteiger partial charge in [0, 0.05) is 19.2 Å². The second-order valence-electron chi connectivity index (χ2n) is 3.35. The summed E-state index contributed by atoms with van der Waals surface area (Å²) in [4.78, 5) is 4.27. The van der Waals surface area contributed by atoms with Crippen molar-refractivity contribution in [2.24, 2.45) is 5.73 Å². The van der Waals surface area contributed by atoms with Crippen molar-refractivity contribution < 1.29 is 0 Å². The van der Waals surface area contributed by atoms with E-state index in [1.165, 1.54) is 19.3 Å². The number of hydrogen-bond acceptors (Lipinski definition) is 2. The van der Waals surface area contributed by atoms with Crippen LogP contribution in [0.15, 0.2) is 12.5 Å². The van der Waals surface area contributed by atoms with Gasteiger partial charge < -0.3 is 10.3 Å². The molecule has 0 aliphatic heterocycles. The topological polar surface area (TPSA) is 43.8 Å². The van der Waals surface area contributed by atoms with E-state index in [1.807, 2.05) is 6.33 Å². The zero-order valence-electron chi connectivity index (χ0n) is 8.37. The lowest BCUT2D eigenvalue weighted by Gasteiger charge is -1.99. The number of rotatable bonds is 6. The Labute approximate surface area is 80.0 Å². The Morgan fingerprint density at radius 2 is 2.31 bits per heavy atom. The van der Waals surface area contributed by atoms with Gasteiger partial charge in [-0.15, -0.1) is 0 Å². The SMILES string of the molecule is CCCCCn1cnc(CCN)c1. The Balaban J connectivity index is 2.31. The molecule has 0 unspecified atom stereocenters. The first-order valence-corrected chi connectivity index (χ1v) is 5.07. The van der Waals surface area contributed by atoms with Crippen LogP contribution in [0, 0.1) is 0 Å². The highest BCUT2D eigenvalue weighted by molar-refractivity contribution is 4.96. The molecule has 0 aromatic carbocycles. The average molecular weight is 181 g/mol. The van der Waals surface area contributed by atoms with E-state index < -0.39 is 0 Å². The first-order valence-electron chi connectivity index (χ1n) is 5.07. The average Bonchev–Trinajstić information content (AvgIpc) is 2.54. The number of nitrogens with two attached hydrogens (primary N) is 1. The maximum absolute atomic E-state index is 5.44. The molecule has 1 aromatic rings. The van der Waals surface area contributed by atoms with Crippen molar-refractivity contribution in [1.29, 1.82) is 0 Å². The van der Waals surface area contributed by atoms with Gasteiger partial charge in [0.25, 0.3) is 0 Å². The van der Waals surface area contributed by atoms with Gasteiger partial charge in [-0.25, -0.2) is 4.98 Å². The molecular weight excluding hydrogens is 162 g/mol. The van der Waals surface area contributed by atoms with Crippen LogP contribution in [0.2, 0.25) is 0 Å². The summed E-state index contributed by atoms with van der Waals surface area (Å²) in [5.41, 5.74) is 6.55. The van der Waals surface area contributed by atoms with E-state index in [0.717, 1.165) is 18.7 Å². The quantitative estimate of drug-likeness (QED) is 0.677. The number of unbranched alkanes of at least 4 members (excludes halogenated alkanes) is 2. The van der Waals surface area contributed by atoms with Gasteiger partial charge in [-0.3, -0.25) is 0 Å². The van der Waals surface area contributed by atoms with Crippen LogP contribution >= 0.6 is 0 Å². The number of aryl methyl sites for hydroxylation is 1. The van der Waals surface area contributed by atoms with E-state index in [1.54, 1.807) is 0 Å². The number of hydrogen-bond donors (Lipinski definition) is 1. The lowest BCUT2D eigenvalue weighted by Crippen LogP contribution is -2.02. The van der Waals surface area contributed by atoms with Crippen LogP contribution in [0.25, 0.3) is 0 Å². The Bertz CT molecular complexity index is 230. The van der Waals surface area contributed by atoms with Crippen LogP contribution in [-0.4, -0.2) is 16.1 Å². The second kappa shape index (κ2) is 5.75. The van der Waals surface area contributed by atoms with Gasteiger partial charge in [-0.2, -0.15) is 0 Å². The molecule has 0 fully saturated rings. The predicted octanol–water partition coefficient (Wildman–Crippen LogP) is 1.57. The molecule has 74 valence electrons. The van der Waals surface area contributed by atoms with E-state index in [-0.39, 0.29) is 0 Å². The van der Waals surface area contributed by atoms with Crippen molar-refractivity contribution in [3.8, 4) is 0 Å². The molecule has 1 heterocycles. The largest absolute Gasteiger partial charge is 0.337 e. The molecular formula is C10H19N3. The van der Waals surface area contributed by atoms with E-state index in [2.05, 4.69) is 22.7 Å². The highest BCUT2D eigenvalue weighted by atomic mass is 15.0. The van der Waals surface area contributed by atoms with Crippen LogP contribution in [0.4, 0.5) is 0 Å². The fourth-order valence-corrected chi connectivity index (χ4v) is 1.35. The third kappa shape index (κ3) is 3.59. The molecule has 0 saturated heterocycles.